The van der Waals surface area contributed by atoms with Crippen LogP contribution in [0.4, 0.5) is 4.39 Å². The van der Waals surface area contributed by atoms with Gasteiger partial charge in [0.25, 0.3) is 0 Å². The number of hydrogen-bond acceptors (Lipinski definition) is 6. The minimum atomic E-state index is -3.86. The predicted octanol–water partition coefficient (Wildman–Crippen LogP) is 0.407. The summed E-state index contributed by atoms with van der Waals surface area (Å²) in [6.07, 6.45) is 1.10. The Hall–Kier alpha value is -1.84. The van der Waals surface area contributed by atoms with Crippen LogP contribution < -0.4 is 10.0 Å². The number of nitrogens with zero attached hydrogens (tertiary/aromatic N) is 2. The van der Waals surface area contributed by atoms with Crippen molar-refractivity contribution in [1.82, 2.24) is 20.2 Å². The van der Waals surface area contributed by atoms with Crippen LogP contribution >= 0.6 is 0 Å². The number of rotatable bonds is 6. The number of halogens is 1. The highest BCUT2D eigenvalue weighted by Gasteiger charge is 2.19. The van der Waals surface area contributed by atoms with Crippen molar-refractivity contribution >= 4 is 10.0 Å². The molecule has 0 aliphatic carbocycles. The first-order chi connectivity index (χ1) is 9.53. The molecule has 2 N–H and O–H groups in total. The summed E-state index contributed by atoms with van der Waals surface area (Å²) in [6.45, 7) is 0.174. The molecule has 0 aliphatic heterocycles. The molecular formula is C11H13FN4O3S. The number of aromatic nitrogens is 2. The molecule has 0 saturated heterocycles. The van der Waals surface area contributed by atoms with Crippen molar-refractivity contribution in [3.05, 3.63) is 41.8 Å². The van der Waals surface area contributed by atoms with Gasteiger partial charge in [-0.2, -0.15) is 4.98 Å². The zero-order valence-electron chi connectivity index (χ0n) is 10.6. The van der Waals surface area contributed by atoms with Crippen molar-refractivity contribution in [2.75, 3.05) is 7.05 Å². The highest BCUT2D eigenvalue weighted by Crippen LogP contribution is 2.17. The van der Waals surface area contributed by atoms with Gasteiger partial charge in [0.2, 0.25) is 16.4 Å². The van der Waals surface area contributed by atoms with Crippen molar-refractivity contribution in [2.45, 2.75) is 18.0 Å². The van der Waals surface area contributed by atoms with E-state index in [1.165, 1.54) is 12.1 Å². The van der Waals surface area contributed by atoms with Crippen LogP contribution in [0.15, 0.2) is 34.0 Å². The molecule has 0 bridgehead atoms. The molecule has 1 aromatic carbocycles. The number of hydrogen-bond donors (Lipinski definition) is 2. The van der Waals surface area contributed by atoms with Gasteiger partial charge >= 0.3 is 0 Å². The van der Waals surface area contributed by atoms with E-state index in [1.807, 2.05) is 0 Å². The van der Waals surface area contributed by atoms with Gasteiger partial charge in [-0.15, -0.1) is 0 Å². The van der Waals surface area contributed by atoms with Crippen LogP contribution in [0.25, 0.3) is 0 Å². The molecule has 0 saturated carbocycles. The Bertz CT molecular complexity index is 673. The lowest BCUT2D eigenvalue weighted by Crippen LogP contribution is -2.25. The summed E-state index contributed by atoms with van der Waals surface area (Å²) in [7, 11) is -2.19. The van der Waals surface area contributed by atoms with Crippen molar-refractivity contribution in [2.24, 2.45) is 0 Å². The highest BCUT2D eigenvalue weighted by molar-refractivity contribution is 7.89. The van der Waals surface area contributed by atoms with Gasteiger partial charge in [0.15, 0.2) is 5.82 Å². The zero-order valence-corrected chi connectivity index (χ0v) is 11.4. The first-order valence-electron chi connectivity index (χ1n) is 5.71. The molecule has 0 fully saturated rings. The Morgan fingerprint density at radius 1 is 1.35 bits per heavy atom. The van der Waals surface area contributed by atoms with E-state index in [2.05, 4.69) is 24.7 Å². The normalized spacial score (nSPS) is 11.7. The minimum Gasteiger partial charge on any atom is -0.343 e. The van der Waals surface area contributed by atoms with E-state index in [9.17, 15) is 12.8 Å². The molecule has 7 nitrogen and oxygen atoms in total. The van der Waals surface area contributed by atoms with Crippen molar-refractivity contribution in [1.29, 1.82) is 0 Å². The molecule has 0 amide bonds. The molecule has 2 aromatic rings. The van der Waals surface area contributed by atoms with Gasteiger partial charge in [-0.3, -0.25) is 0 Å². The van der Waals surface area contributed by atoms with E-state index in [0.717, 1.165) is 12.5 Å². The van der Waals surface area contributed by atoms with Crippen LogP contribution in [0.3, 0.4) is 0 Å². The van der Waals surface area contributed by atoms with Crippen LogP contribution in [0, 0.1) is 5.82 Å². The summed E-state index contributed by atoms with van der Waals surface area (Å²) in [5.74, 6) is -0.426. The largest absolute Gasteiger partial charge is 0.343 e. The van der Waals surface area contributed by atoms with E-state index in [-0.39, 0.29) is 17.3 Å². The fraction of sp³-hybridized carbons (Fsp3) is 0.273. The molecule has 108 valence electrons. The summed E-state index contributed by atoms with van der Waals surface area (Å²) in [4.78, 5) is 3.58. The standard InChI is InChI=1S/C11H13FN4O3S/c1-13-5-8-2-3-9(12)4-10(8)20(17,18)15-6-11-14-7-19-16-11/h2-4,7,13,15H,5-6H2,1H3. The third-order valence-corrected chi connectivity index (χ3v) is 4.00. The summed E-state index contributed by atoms with van der Waals surface area (Å²) in [6, 6.07) is 3.62. The first-order valence-corrected chi connectivity index (χ1v) is 7.19. The van der Waals surface area contributed by atoms with E-state index in [4.69, 9.17) is 0 Å². The molecule has 2 rings (SSSR count). The summed E-state index contributed by atoms with van der Waals surface area (Å²) >= 11 is 0. The van der Waals surface area contributed by atoms with Gasteiger partial charge in [-0.05, 0) is 24.7 Å². The Labute approximate surface area is 115 Å². The molecule has 0 atom stereocenters. The summed E-state index contributed by atoms with van der Waals surface area (Å²) in [5.41, 5.74) is 0.467. The first kappa shape index (κ1) is 14.6. The van der Waals surface area contributed by atoms with Gasteiger partial charge in [-0.25, -0.2) is 17.5 Å². The second-order valence-electron chi connectivity index (χ2n) is 3.95. The number of nitrogens with one attached hydrogen (secondary N) is 2. The Morgan fingerprint density at radius 3 is 2.80 bits per heavy atom. The fourth-order valence-corrected chi connectivity index (χ4v) is 2.85. The van der Waals surface area contributed by atoms with E-state index in [0.29, 0.717) is 12.1 Å². The van der Waals surface area contributed by atoms with E-state index < -0.39 is 15.8 Å². The van der Waals surface area contributed by atoms with Gasteiger partial charge in [-0.1, -0.05) is 11.2 Å². The molecule has 9 heteroatoms. The average molecular weight is 300 g/mol. The second-order valence-corrected chi connectivity index (χ2v) is 5.69. The lowest BCUT2D eigenvalue weighted by atomic mass is 10.2. The molecule has 0 aliphatic rings. The SMILES string of the molecule is CNCc1ccc(F)cc1S(=O)(=O)NCc1ncon1. The molecular weight excluding hydrogens is 287 g/mol. The number of benzene rings is 1. The molecule has 0 unspecified atom stereocenters. The monoisotopic (exact) mass is 300 g/mol. The van der Waals surface area contributed by atoms with Crippen LogP contribution in [-0.4, -0.2) is 25.6 Å². The van der Waals surface area contributed by atoms with Gasteiger partial charge < -0.3 is 9.84 Å². The second kappa shape index (κ2) is 6.07. The summed E-state index contributed by atoms with van der Waals surface area (Å²) in [5, 5.41) is 6.32. The Balaban J connectivity index is 2.26. The van der Waals surface area contributed by atoms with Crippen LogP contribution in [0.1, 0.15) is 11.4 Å². The fourth-order valence-electron chi connectivity index (χ4n) is 1.62. The third kappa shape index (κ3) is 3.38. The maximum Gasteiger partial charge on any atom is 0.241 e. The maximum atomic E-state index is 13.3. The van der Waals surface area contributed by atoms with Gasteiger partial charge in [0, 0.05) is 6.54 Å². The topological polar surface area (TPSA) is 97.1 Å². The minimum absolute atomic E-state index is 0.115. The van der Waals surface area contributed by atoms with Gasteiger partial charge in [0.05, 0.1) is 11.4 Å². The van der Waals surface area contributed by atoms with Crippen molar-refractivity contribution in [3.8, 4) is 0 Å². The predicted molar refractivity (Wildman–Crippen MR) is 67.5 cm³/mol. The number of sulfonamides is 1. The third-order valence-electron chi connectivity index (χ3n) is 2.51. The maximum absolute atomic E-state index is 13.3. The van der Waals surface area contributed by atoms with Crippen molar-refractivity contribution in [3.63, 3.8) is 0 Å². The Morgan fingerprint density at radius 2 is 2.15 bits per heavy atom. The average Bonchev–Trinajstić information content (AvgIpc) is 2.92. The molecule has 0 radical (unpaired) electrons. The zero-order chi connectivity index (χ0) is 14.6. The quantitative estimate of drug-likeness (QED) is 0.802. The summed E-state index contributed by atoms with van der Waals surface area (Å²) < 4.78 is 44.4. The van der Waals surface area contributed by atoms with Crippen LogP contribution in [0.5, 0.6) is 0 Å². The van der Waals surface area contributed by atoms with Crippen molar-refractivity contribution < 1.29 is 17.3 Å². The van der Waals surface area contributed by atoms with Crippen LogP contribution in [0.2, 0.25) is 0 Å². The lowest BCUT2D eigenvalue weighted by Gasteiger charge is -2.10. The van der Waals surface area contributed by atoms with Crippen LogP contribution in [-0.2, 0) is 23.1 Å². The lowest BCUT2D eigenvalue weighted by molar-refractivity contribution is 0.409. The van der Waals surface area contributed by atoms with E-state index in [1.54, 1.807) is 7.05 Å². The molecule has 0 spiro atoms. The molecule has 1 aromatic heterocycles. The molecule has 1 heterocycles. The van der Waals surface area contributed by atoms with E-state index >= 15 is 0 Å². The highest BCUT2D eigenvalue weighted by atomic mass is 32.2. The van der Waals surface area contributed by atoms with Gasteiger partial charge in [0.1, 0.15) is 5.82 Å². The molecule has 20 heavy (non-hydrogen) atoms. The smallest absolute Gasteiger partial charge is 0.241 e. The Kier molecular flexibility index (Phi) is 4.42.